The highest BCUT2D eigenvalue weighted by Gasteiger charge is 2.68. The van der Waals surface area contributed by atoms with Crippen molar-refractivity contribution in [1.82, 2.24) is 5.32 Å². The van der Waals surface area contributed by atoms with Crippen molar-refractivity contribution in [2.24, 2.45) is 11.8 Å². The third kappa shape index (κ3) is 3.08. The normalized spacial score (nSPS) is 23.5. The van der Waals surface area contributed by atoms with Gasteiger partial charge in [-0.05, 0) is 35.4 Å². The molecule has 3 atom stereocenters. The van der Waals surface area contributed by atoms with Gasteiger partial charge in [-0.2, -0.15) is 0 Å². The Bertz CT molecular complexity index is 1170. The van der Waals surface area contributed by atoms with Gasteiger partial charge in [0, 0.05) is 0 Å². The quantitative estimate of drug-likeness (QED) is 0.495. The Hall–Kier alpha value is -3.84. The van der Waals surface area contributed by atoms with E-state index in [1.54, 1.807) is 0 Å². The van der Waals surface area contributed by atoms with Gasteiger partial charge >= 0.3 is 5.97 Å². The molecule has 2 aliphatic heterocycles. The smallest absolute Gasteiger partial charge is 0.323 e. The Morgan fingerprint density at radius 2 is 1.42 bits per heavy atom. The summed E-state index contributed by atoms with van der Waals surface area (Å²) in [5.74, 6) is -3.98. The highest BCUT2D eigenvalue weighted by molar-refractivity contribution is 6.24. The minimum atomic E-state index is -1.15. The standard InChI is InChI=1S/C26H21FN2O4/c1-33-25(32)22-20-21(24(31)29(23(20)30)19-14-12-18(27)13-15-19)26(28-22,16-8-4-2-5-9-16)17-10-6-3-7-11-17/h2-15,20-22,28H,1H3/t20-,21+,22-/m1/s1. The number of nitrogens with one attached hydrogen (secondary N) is 1. The average molecular weight is 444 g/mol. The lowest BCUT2D eigenvalue weighted by Gasteiger charge is -2.36. The monoisotopic (exact) mass is 444 g/mol. The number of esters is 1. The largest absolute Gasteiger partial charge is 0.468 e. The van der Waals surface area contributed by atoms with Crippen molar-refractivity contribution >= 4 is 23.5 Å². The fourth-order valence-corrected chi connectivity index (χ4v) is 5.18. The number of imide groups is 1. The van der Waals surface area contributed by atoms with Crippen LogP contribution in [0.1, 0.15) is 11.1 Å². The number of methoxy groups -OCH3 is 1. The molecule has 2 heterocycles. The summed E-state index contributed by atoms with van der Waals surface area (Å²) in [6.45, 7) is 0. The van der Waals surface area contributed by atoms with Gasteiger partial charge in [0.15, 0.2) is 0 Å². The van der Waals surface area contributed by atoms with Crippen molar-refractivity contribution in [2.75, 3.05) is 12.0 Å². The summed E-state index contributed by atoms with van der Waals surface area (Å²) < 4.78 is 18.5. The number of hydrogen-bond donors (Lipinski definition) is 1. The van der Waals surface area contributed by atoms with Gasteiger partial charge in [-0.1, -0.05) is 60.7 Å². The van der Waals surface area contributed by atoms with Crippen LogP contribution in [0.15, 0.2) is 84.9 Å². The van der Waals surface area contributed by atoms with Crippen LogP contribution in [0.5, 0.6) is 0 Å². The van der Waals surface area contributed by atoms with E-state index < -0.39 is 47.0 Å². The molecule has 2 saturated heterocycles. The fraction of sp³-hybridized carbons (Fsp3) is 0.192. The molecule has 0 unspecified atom stereocenters. The van der Waals surface area contributed by atoms with Crippen molar-refractivity contribution in [1.29, 1.82) is 0 Å². The van der Waals surface area contributed by atoms with Crippen LogP contribution in [0.2, 0.25) is 0 Å². The number of benzene rings is 3. The molecule has 5 rings (SSSR count). The highest BCUT2D eigenvalue weighted by atomic mass is 19.1. The SMILES string of the molecule is COC(=O)[C@@H]1NC(c2ccccc2)(c2ccccc2)[C@@H]2C(=O)N(c3ccc(F)cc3)C(=O)[C@H]21. The number of carbonyl (C=O) groups excluding carboxylic acids is 3. The van der Waals surface area contributed by atoms with Gasteiger partial charge < -0.3 is 4.74 Å². The van der Waals surface area contributed by atoms with Gasteiger partial charge in [0.05, 0.1) is 30.2 Å². The Morgan fingerprint density at radius 1 is 0.879 bits per heavy atom. The van der Waals surface area contributed by atoms with E-state index >= 15 is 0 Å². The fourth-order valence-electron chi connectivity index (χ4n) is 5.18. The lowest BCUT2D eigenvalue weighted by Crippen LogP contribution is -2.51. The molecule has 3 aromatic rings. The molecule has 3 aromatic carbocycles. The molecule has 2 amide bonds. The molecule has 0 bridgehead atoms. The van der Waals surface area contributed by atoms with E-state index in [2.05, 4.69) is 5.32 Å². The van der Waals surface area contributed by atoms with Crippen LogP contribution < -0.4 is 10.2 Å². The molecule has 2 aliphatic rings. The van der Waals surface area contributed by atoms with Crippen molar-refractivity contribution in [2.45, 2.75) is 11.6 Å². The predicted octanol–water partition coefficient (Wildman–Crippen LogP) is 3.02. The molecule has 0 aromatic heterocycles. The van der Waals surface area contributed by atoms with E-state index in [1.165, 1.54) is 31.4 Å². The zero-order valence-electron chi connectivity index (χ0n) is 17.8. The maximum absolute atomic E-state index is 13.9. The van der Waals surface area contributed by atoms with Crippen LogP contribution in [0.3, 0.4) is 0 Å². The Kier molecular flexibility index (Phi) is 5.06. The van der Waals surface area contributed by atoms with Gasteiger partial charge in [-0.15, -0.1) is 0 Å². The number of hydrogen-bond acceptors (Lipinski definition) is 5. The van der Waals surface area contributed by atoms with Crippen LogP contribution in [0.4, 0.5) is 10.1 Å². The average Bonchev–Trinajstić information content (AvgIpc) is 3.35. The molecule has 6 nitrogen and oxygen atoms in total. The number of nitrogens with zero attached hydrogens (tertiary/aromatic N) is 1. The van der Waals surface area contributed by atoms with Gasteiger partial charge in [-0.25, -0.2) is 9.29 Å². The minimum absolute atomic E-state index is 0.263. The molecule has 1 N–H and O–H groups in total. The lowest BCUT2D eigenvalue weighted by atomic mass is 9.72. The maximum atomic E-state index is 13.9. The second-order valence-electron chi connectivity index (χ2n) is 8.18. The first-order valence-corrected chi connectivity index (χ1v) is 10.6. The summed E-state index contributed by atoms with van der Waals surface area (Å²) in [7, 11) is 1.25. The van der Waals surface area contributed by atoms with Crippen molar-refractivity contribution in [3.63, 3.8) is 0 Å². The van der Waals surface area contributed by atoms with E-state index in [1.807, 2.05) is 60.7 Å². The maximum Gasteiger partial charge on any atom is 0.323 e. The minimum Gasteiger partial charge on any atom is -0.468 e. The molecule has 0 radical (unpaired) electrons. The Labute approximate surface area is 190 Å². The first-order chi connectivity index (χ1) is 16.0. The number of anilines is 1. The van der Waals surface area contributed by atoms with Crippen LogP contribution in [0.25, 0.3) is 0 Å². The van der Waals surface area contributed by atoms with Crippen LogP contribution in [-0.4, -0.2) is 30.9 Å². The third-order valence-corrected chi connectivity index (χ3v) is 6.56. The topological polar surface area (TPSA) is 75.7 Å². The van der Waals surface area contributed by atoms with Gasteiger partial charge in [0.2, 0.25) is 11.8 Å². The summed E-state index contributed by atoms with van der Waals surface area (Å²) in [4.78, 5) is 41.4. The summed E-state index contributed by atoms with van der Waals surface area (Å²) >= 11 is 0. The summed E-state index contributed by atoms with van der Waals surface area (Å²) in [5.41, 5.74) is 0.618. The van der Waals surface area contributed by atoms with E-state index in [4.69, 9.17) is 4.74 Å². The van der Waals surface area contributed by atoms with Crippen molar-refractivity contribution in [3.05, 3.63) is 102 Å². The number of fused-ring (bicyclic) bond motifs is 1. The molecule has 166 valence electrons. The lowest BCUT2D eigenvalue weighted by molar-refractivity contribution is -0.145. The second kappa shape index (κ2) is 7.94. The van der Waals surface area contributed by atoms with Crippen LogP contribution in [-0.2, 0) is 24.7 Å². The molecule has 2 fully saturated rings. The first-order valence-electron chi connectivity index (χ1n) is 10.6. The summed E-state index contributed by atoms with van der Waals surface area (Å²) in [5, 5.41) is 3.33. The number of halogens is 1. The molecule has 0 saturated carbocycles. The number of rotatable bonds is 4. The van der Waals surface area contributed by atoms with Crippen LogP contribution in [0, 0.1) is 17.7 Å². The number of ether oxygens (including phenoxy) is 1. The Balaban J connectivity index is 1.74. The molecular weight excluding hydrogens is 423 g/mol. The zero-order valence-corrected chi connectivity index (χ0v) is 17.8. The van der Waals surface area contributed by atoms with E-state index in [0.717, 1.165) is 16.0 Å². The molecule has 0 spiro atoms. The summed E-state index contributed by atoms with van der Waals surface area (Å²) in [6.07, 6.45) is 0. The van der Waals surface area contributed by atoms with E-state index in [9.17, 15) is 18.8 Å². The van der Waals surface area contributed by atoms with E-state index in [0.29, 0.717) is 0 Å². The van der Waals surface area contributed by atoms with Gasteiger partial charge in [0.25, 0.3) is 0 Å². The Morgan fingerprint density at radius 3 is 1.94 bits per heavy atom. The molecular formula is C26H21FN2O4. The second-order valence-corrected chi connectivity index (χ2v) is 8.18. The number of amides is 2. The predicted molar refractivity (Wildman–Crippen MR) is 118 cm³/mol. The summed E-state index contributed by atoms with van der Waals surface area (Å²) in [6, 6.07) is 22.7. The van der Waals surface area contributed by atoms with Crippen molar-refractivity contribution < 1.29 is 23.5 Å². The first kappa shape index (κ1) is 21.0. The van der Waals surface area contributed by atoms with Gasteiger partial charge in [0.1, 0.15) is 11.9 Å². The van der Waals surface area contributed by atoms with Crippen LogP contribution >= 0.6 is 0 Å². The van der Waals surface area contributed by atoms with Crippen molar-refractivity contribution in [3.8, 4) is 0 Å². The number of carbonyl (C=O) groups is 3. The molecule has 33 heavy (non-hydrogen) atoms. The van der Waals surface area contributed by atoms with Gasteiger partial charge in [-0.3, -0.25) is 19.7 Å². The third-order valence-electron chi connectivity index (χ3n) is 6.56. The zero-order chi connectivity index (χ0) is 23.2. The highest BCUT2D eigenvalue weighted by Crippen LogP contribution is 2.52. The molecule has 7 heteroatoms. The molecule has 0 aliphatic carbocycles. The van der Waals surface area contributed by atoms with E-state index in [-0.39, 0.29) is 5.69 Å².